The van der Waals surface area contributed by atoms with Crippen LogP contribution in [0.3, 0.4) is 0 Å². The van der Waals surface area contributed by atoms with Crippen molar-refractivity contribution >= 4 is 44.3 Å². The molecule has 92 valence electrons. The van der Waals surface area contributed by atoms with E-state index in [1.807, 2.05) is 6.07 Å². The first kappa shape index (κ1) is 11.9. The van der Waals surface area contributed by atoms with Gasteiger partial charge in [0.25, 0.3) is 5.91 Å². The number of hydrogen-bond donors (Lipinski definition) is 0. The van der Waals surface area contributed by atoms with Gasteiger partial charge in [0.05, 0.1) is 5.52 Å². The predicted molar refractivity (Wildman–Crippen MR) is 72.8 cm³/mol. The molecular weight excluding hydrogens is 318 g/mol. The zero-order valence-corrected chi connectivity index (χ0v) is 11.7. The van der Waals surface area contributed by atoms with Gasteiger partial charge in [-0.15, -0.1) is 0 Å². The van der Waals surface area contributed by atoms with Crippen LogP contribution in [-0.4, -0.2) is 33.9 Å². The van der Waals surface area contributed by atoms with Crippen LogP contribution in [0.5, 0.6) is 0 Å². The van der Waals surface area contributed by atoms with Crippen molar-refractivity contribution in [1.82, 2.24) is 14.9 Å². The van der Waals surface area contributed by atoms with E-state index in [4.69, 9.17) is 11.6 Å². The number of nitrogens with zero attached hydrogens (tertiary/aromatic N) is 3. The molecule has 6 heteroatoms. The van der Waals surface area contributed by atoms with Crippen LogP contribution in [0.15, 0.2) is 22.8 Å². The number of aromatic nitrogens is 2. The van der Waals surface area contributed by atoms with Gasteiger partial charge in [-0.05, 0) is 28.4 Å². The largest absolute Gasteiger partial charge is 0.337 e. The quantitative estimate of drug-likeness (QED) is 0.757. The number of amides is 1. The molecule has 0 radical (unpaired) electrons. The third kappa shape index (κ3) is 1.97. The molecule has 0 aliphatic carbocycles. The van der Waals surface area contributed by atoms with E-state index >= 15 is 0 Å². The smallest absolute Gasteiger partial charge is 0.273 e. The fourth-order valence-corrected chi connectivity index (χ4v) is 2.49. The second-order valence-corrected chi connectivity index (χ2v) is 5.41. The Bertz CT molecular complexity index is 643. The van der Waals surface area contributed by atoms with Crippen LogP contribution in [0.2, 0.25) is 5.15 Å². The third-order valence-electron chi connectivity index (χ3n) is 2.97. The van der Waals surface area contributed by atoms with E-state index in [1.165, 1.54) is 0 Å². The van der Waals surface area contributed by atoms with Crippen molar-refractivity contribution in [3.05, 3.63) is 33.6 Å². The minimum Gasteiger partial charge on any atom is -0.337 e. The van der Waals surface area contributed by atoms with Crippen molar-refractivity contribution in [2.24, 2.45) is 0 Å². The molecule has 0 bridgehead atoms. The van der Waals surface area contributed by atoms with Crippen molar-refractivity contribution < 1.29 is 4.79 Å². The lowest BCUT2D eigenvalue weighted by Crippen LogP contribution is -2.42. The Morgan fingerprint density at radius 1 is 1.39 bits per heavy atom. The number of carbonyl (C=O) groups is 1. The van der Waals surface area contributed by atoms with Crippen LogP contribution < -0.4 is 0 Å². The van der Waals surface area contributed by atoms with Crippen LogP contribution in [0.25, 0.3) is 10.9 Å². The molecule has 3 rings (SSSR count). The van der Waals surface area contributed by atoms with Crippen molar-refractivity contribution in [1.29, 1.82) is 0 Å². The second-order valence-electron chi connectivity index (χ2n) is 4.16. The molecule has 0 aromatic carbocycles. The highest BCUT2D eigenvalue weighted by Gasteiger charge is 2.24. The molecule has 2 aromatic rings. The van der Waals surface area contributed by atoms with Gasteiger partial charge in [0, 0.05) is 35.2 Å². The van der Waals surface area contributed by atoms with Gasteiger partial charge in [0.1, 0.15) is 10.8 Å². The normalized spacial score (nSPS) is 14.7. The van der Waals surface area contributed by atoms with E-state index in [0.29, 0.717) is 20.8 Å². The van der Waals surface area contributed by atoms with Crippen molar-refractivity contribution in [3.8, 4) is 0 Å². The number of pyridine rings is 2. The minimum atomic E-state index is -0.0389. The molecule has 1 aliphatic heterocycles. The van der Waals surface area contributed by atoms with E-state index in [0.717, 1.165) is 24.9 Å². The molecule has 18 heavy (non-hydrogen) atoms. The van der Waals surface area contributed by atoms with E-state index in [9.17, 15) is 4.79 Å². The van der Waals surface area contributed by atoms with Crippen molar-refractivity contribution in [3.63, 3.8) is 0 Å². The van der Waals surface area contributed by atoms with Crippen LogP contribution in [0.1, 0.15) is 16.9 Å². The van der Waals surface area contributed by atoms with E-state index < -0.39 is 0 Å². The summed E-state index contributed by atoms with van der Waals surface area (Å²) in [4.78, 5) is 22.3. The Morgan fingerprint density at radius 2 is 2.17 bits per heavy atom. The lowest BCUT2D eigenvalue weighted by atomic mass is 10.2. The SMILES string of the molecule is O=C(c1nc2cc(Cl)ncc2cc1Br)N1CCC1. The monoisotopic (exact) mass is 325 g/mol. The van der Waals surface area contributed by atoms with Gasteiger partial charge < -0.3 is 4.90 Å². The zero-order chi connectivity index (χ0) is 12.7. The first-order valence-corrected chi connectivity index (χ1v) is 6.73. The average molecular weight is 327 g/mol. The number of carbonyl (C=O) groups excluding carboxylic acids is 1. The summed E-state index contributed by atoms with van der Waals surface area (Å²) in [7, 11) is 0. The topological polar surface area (TPSA) is 46.1 Å². The van der Waals surface area contributed by atoms with Gasteiger partial charge in [0.15, 0.2) is 0 Å². The van der Waals surface area contributed by atoms with E-state index in [-0.39, 0.29) is 5.91 Å². The molecule has 4 nitrogen and oxygen atoms in total. The van der Waals surface area contributed by atoms with Crippen molar-refractivity contribution in [2.45, 2.75) is 6.42 Å². The molecule has 3 heterocycles. The Kier molecular flexibility index (Phi) is 2.95. The maximum atomic E-state index is 12.2. The molecule has 0 N–H and O–H groups in total. The van der Waals surface area contributed by atoms with Gasteiger partial charge in [-0.2, -0.15) is 0 Å². The van der Waals surface area contributed by atoms with E-state index in [2.05, 4.69) is 25.9 Å². The van der Waals surface area contributed by atoms with Crippen LogP contribution in [0, 0.1) is 0 Å². The number of hydrogen-bond acceptors (Lipinski definition) is 3. The lowest BCUT2D eigenvalue weighted by Gasteiger charge is -2.30. The summed E-state index contributed by atoms with van der Waals surface area (Å²) in [5.74, 6) is -0.0389. The fourth-order valence-electron chi connectivity index (χ4n) is 1.84. The van der Waals surface area contributed by atoms with Gasteiger partial charge in [-0.25, -0.2) is 9.97 Å². The Morgan fingerprint density at radius 3 is 2.83 bits per heavy atom. The van der Waals surface area contributed by atoms with Gasteiger partial charge in [-0.3, -0.25) is 4.79 Å². The van der Waals surface area contributed by atoms with Crippen molar-refractivity contribution in [2.75, 3.05) is 13.1 Å². The summed E-state index contributed by atoms with van der Waals surface area (Å²) in [6, 6.07) is 3.51. The Balaban J connectivity index is 2.10. The highest BCUT2D eigenvalue weighted by Crippen LogP contribution is 2.24. The molecule has 0 atom stereocenters. The zero-order valence-electron chi connectivity index (χ0n) is 9.36. The van der Waals surface area contributed by atoms with E-state index in [1.54, 1.807) is 17.2 Å². The number of likely N-dealkylation sites (tertiary alicyclic amines) is 1. The lowest BCUT2D eigenvalue weighted by molar-refractivity contribution is 0.0645. The number of fused-ring (bicyclic) bond motifs is 1. The van der Waals surface area contributed by atoms with Gasteiger partial charge in [-0.1, -0.05) is 11.6 Å². The highest BCUT2D eigenvalue weighted by atomic mass is 79.9. The maximum Gasteiger partial charge on any atom is 0.273 e. The molecule has 1 saturated heterocycles. The predicted octanol–water partition coefficient (Wildman–Crippen LogP) is 2.89. The standard InChI is InChI=1S/C12H9BrClN3O/c13-8-4-7-6-15-10(14)5-9(7)16-11(8)12(18)17-2-1-3-17/h4-6H,1-3H2. The van der Waals surface area contributed by atoms with Crippen LogP contribution >= 0.6 is 27.5 Å². The minimum absolute atomic E-state index is 0.0389. The third-order valence-corrected chi connectivity index (χ3v) is 3.78. The first-order chi connectivity index (χ1) is 8.65. The summed E-state index contributed by atoms with van der Waals surface area (Å²) in [5, 5.41) is 1.23. The number of halogens is 2. The first-order valence-electron chi connectivity index (χ1n) is 5.56. The summed E-state index contributed by atoms with van der Waals surface area (Å²) < 4.78 is 0.691. The fraction of sp³-hybridized carbons (Fsp3) is 0.250. The summed E-state index contributed by atoms with van der Waals surface area (Å²) in [6.07, 6.45) is 2.71. The Hall–Kier alpha value is -1.20. The van der Waals surface area contributed by atoms with Crippen LogP contribution in [-0.2, 0) is 0 Å². The summed E-state index contributed by atoms with van der Waals surface area (Å²) in [5.41, 5.74) is 1.12. The molecular formula is C12H9BrClN3O. The van der Waals surface area contributed by atoms with Crippen LogP contribution in [0.4, 0.5) is 0 Å². The molecule has 0 saturated carbocycles. The number of rotatable bonds is 1. The van der Waals surface area contributed by atoms with Gasteiger partial charge in [0.2, 0.25) is 0 Å². The molecule has 2 aromatic heterocycles. The molecule has 0 unspecified atom stereocenters. The summed E-state index contributed by atoms with van der Waals surface area (Å²) >= 11 is 9.22. The average Bonchev–Trinajstić information content (AvgIpc) is 2.26. The second kappa shape index (κ2) is 4.48. The molecule has 1 aliphatic rings. The van der Waals surface area contributed by atoms with Gasteiger partial charge >= 0.3 is 0 Å². The Labute approximate surface area is 117 Å². The molecule has 0 spiro atoms. The summed E-state index contributed by atoms with van der Waals surface area (Å²) in [6.45, 7) is 1.62. The molecule has 1 fully saturated rings. The molecule has 1 amide bonds. The maximum absolute atomic E-state index is 12.2. The highest BCUT2D eigenvalue weighted by molar-refractivity contribution is 9.10.